The van der Waals surface area contributed by atoms with Gasteiger partial charge in [0, 0.05) is 6.54 Å². The number of carbonyl (C=O) groups is 2. The predicted molar refractivity (Wildman–Crippen MR) is 100 cm³/mol. The minimum atomic E-state index is -3.63. The Morgan fingerprint density at radius 2 is 1.89 bits per heavy atom. The number of amides is 1. The number of hydrogen-bond acceptors (Lipinski definition) is 6. The van der Waals surface area contributed by atoms with Crippen molar-refractivity contribution in [2.45, 2.75) is 17.4 Å². The average Bonchev–Trinajstić information content (AvgIpc) is 2.68. The number of rotatable bonds is 6. The lowest BCUT2D eigenvalue weighted by Gasteiger charge is -2.27. The highest BCUT2D eigenvalue weighted by atomic mass is 32.2. The number of anilines is 2. The number of nitrogens with one attached hydrogen (secondary N) is 3. The Bertz CT molecular complexity index is 960. The first-order valence-electron chi connectivity index (χ1n) is 8.25. The maximum atomic E-state index is 12.2. The molecule has 8 nitrogen and oxygen atoms in total. The Morgan fingerprint density at radius 3 is 2.59 bits per heavy atom. The summed E-state index contributed by atoms with van der Waals surface area (Å²) in [6.07, 6.45) is 0.236. The molecule has 1 aliphatic heterocycles. The molecule has 142 valence electrons. The lowest BCUT2D eigenvalue weighted by Crippen LogP contribution is -2.41. The fourth-order valence-corrected chi connectivity index (χ4v) is 3.78. The first kappa shape index (κ1) is 18.9. The summed E-state index contributed by atoms with van der Waals surface area (Å²) in [5.74, 6) is -0.754. The van der Waals surface area contributed by atoms with E-state index in [9.17, 15) is 18.0 Å². The van der Waals surface area contributed by atoms with Gasteiger partial charge in [0.25, 0.3) is 0 Å². The van der Waals surface area contributed by atoms with Crippen LogP contribution in [0.25, 0.3) is 0 Å². The Kier molecular flexibility index (Phi) is 5.43. The van der Waals surface area contributed by atoms with Crippen LogP contribution in [0.15, 0.2) is 53.4 Å². The summed E-state index contributed by atoms with van der Waals surface area (Å²) in [5, 5.41) is 5.78. The molecular weight excluding hydrogens is 370 g/mol. The van der Waals surface area contributed by atoms with E-state index < -0.39 is 22.0 Å². The van der Waals surface area contributed by atoms with Crippen LogP contribution in [0.1, 0.15) is 16.8 Å². The molecule has 3 rings (SSSR count). The number of methoxy groups -OCH3 is 1. The largest absolute Gasteiger partial charge is 0.465 e. The lowest BCUT2D eigenvalue weighted by molar-refractivity contribution is -0.117. The summed E-state index contributed by atoms with van der Waals surface area (Å²) < 4.78 is 31.6. The summed E-state index contributed by atoms with van der Waals surface area (Å²) in [7, 11) is -2.34. The van der Waals surface area contributed by atoms with E-state index >= 15 is 0 Å². The fourth-order valence-electron chi connectivity index (χ4n) is 2.71. The zero-order valence-electron chi connectivity index (χ0n) is 14.6. The van der Waals surface area contributed by atoms with Crippen molar-refractivity contribution in [2.24, 2.45) is 0 Å². The van der Waals surface area contributed by atoms with Crippen molar-refractivity contribution in [1.29, 1.82) is 0 Å². The second kappa shape index (κ2) is 7.77. The molecule has 1 aliphatic rings. The zero-order chi connectivity index (χ0) is 19.4. The molecule has 1 amide bonds. The molecule has 0 bridgehead atoms. The van der Waals surface area contributed by atoms with E-state index in [1.165, 1.54) is 19.2 Å². The summed E-state index contributed by atoms with van der Waals surface area (Å²) in [6, 6.07) is 12.1. The van der Waals surface area contributed by atoms with Crippen molar-refractivity contribution in [3.63, 3.8) is 0 Å². The molecule has 3 N–H and O–H groups in total. The molecule has 0 aliphatic carbocycles. The van der Waals surface area contributed by atoms with E-state index in [4.69, 9.17) is 0 Å². The first-order chi connectivity index (χ1) is 12.9. The molecular formula is C18H19N3O5S. The number of hydrogen-bond donors (Lipinski definition) is 3. The molecule has 1 atom stereocenters. The summed E-state index contributed by atoms with van der Waals surface area (Å²) in [6.45, 7) is 0.0777. The summed E-state index contributed by atoms with van der Waals surface area (Å²) >= 11 is 0. The van der Waals surface area contributed by atoms with Crippen LogP contribution in [0.5, 0.6) is 0 Å². The molecule has 9 heteroatoms. The standard InChI is InChI=1S/C18H19N3O5S/c1-26-18(23)12-7-8-14-16(11-12)20-15(17(22)21-14)9-10-19-27(24,25)13-5-3-2-4-6-13/h2-8,11,15,19-20H,9-10H2,1H3,(H,21,22). The molecule has 0 radical (unpaired) electrons. The highest BCUT2D eigenvalue weighted by molar-refractivity contribution is 7.89. The van der Waals surface area contributed by atoms with Gasteiger partial charge in [0.2, 0.25) is 15.9 Å². The van der Waals surface area contributed by atoms with E-state index in [0.717, 1.165) is 0 Å². The second-order valence-corrected chi connectivity index (χ2v) is 7.70. The van der Waals surface area contributed by atoms with E-state index in [1.807, 2.05) is 0 Å². The van der Waals surface area contributed by atoms with Gasteiger partial charge in [0.15, 0.2) is 0 Å². The summed E-state index contributed by atoms with van der Waals surface area (Å²) in [5.41, 5.74) is 1.48. The van der Waals surface area contributed by atoms with E-state index in [1.54, 1.807) is 36.4 Å². The molecule has 0 saturated heterocycles. The van der Waals surface area contributed by atoms with Gasteiger partial charge in [-0.1, -0.05) is 18.2 Å². The Labute approximate surface area is 157 Å². The topological polar surface area (TPSA) is 114 Å². The minimum Gasteiger partial charge on any atom is -0.465 e. The monoisotopic (exact) mass is 389 g/mol. The third-order valence-corrected chi connectivity index (χ3v) is 5.60. The summed E-state index contributed by atoms with van der Waals surface area (Å²) in [4.78, 5) is 24.0. The van der Waals surface area contributed by atoms with Gasteiger partial charge in [0.05, 0.1) is 28.9 Å². The van der Waals surface area contributed by atoms with Crippen LogP contribution in [0.2, 0.25) is 0 Å². The molecule has 2 aromatic rings. The van der Waals surface area contributed by atoms with Crippen molar-refractivity contribution in [3.05, 3.63) is 54.1 Å². The van der Waals surface area contributed by atoms with Gasteiger partial charge in [-0.3, -0.25) is 4.79 Å². The highest BCUT2D eigenvalue weighted by Crippen LogP contribution is 2.28. The normalized spacial score (nSPS) is 16.0. The molecule has 0 fully saturated rings. The Hall–Kier alpha value is -2.91. The van der Waals surface area contributed by atoms with Crippen LogP contribution < -0.4 is 15.4 Å². The van der Waals surface area contributed by atoms with Gasteiger partial charge < -0.3 is 15.4 Å². The maximum absolute atomic E-state index is 12.2. The van der Waals surface area contributed by atoms with Crippen molar-refractivity contribution in [1.82, 2.24) is 4.72 Å². The fraction of sp³-hybridized carbons (Fsp3) is 0.222. The smallest absolute Gasteiger partial charge is 0.337 e. The molecule has 1 heterocycles. The number of fused-ring (bicyclic) bond motifs is 1. The van der Waals surface area contributed by atoms with Gasteiger partial charge >= 0.3 is 5.97 Å². The van der Waals surface area contributed by atoms with Gasteiger partial charge in [0.1, 0.15) is 6.04 Å². The number of carbonyl (C=O) groups excluding carboxylic acids is 2. The van der Waals surface area contributed by atoms with E-state index in [0.29, 0.717) is 16.9 Å². The van der Waals surface area contributed by atoms with Gasteiger partial charge in [-0.05, 0) is 36.8 Å². The SMILES string of the molecule is COC(=O)c1ccc2c(c1)NC(CCNS(=O)(=O)c1ccccc1)C(=O)N2. The van der Waals surface area contributed by atoms with Gasteiger partial charge in [-0.15, -0.1) is 0 Å². The van der Waals surface area contributed by atoms with Gasteiger partial charge in [-0.2, -0.15) is 0 Å². The molecule has 27 heavy (non-hydrogen) atoms. The van der Waals surface area contributed by atoms with Crippen molar-refractivity contribution >= 4 is 33.3 Å². The quantitative estimate of drug-likeness (QED) is 0.647. The van der Waals surface area contributed by atoms with Crippen LogP contribution in [0, 0.1) is 0 Å². The Morgan fingerprint density at radius 1 is 1.15 bits per heavy atom. The lowest BCUT2D eigenvalue weighted by atomic mass is 10.1. The van der Waals surface area contributed by atoms with Crippen molar-refractivity contribution in [3.8, 4) is 0 Å². The number of benzene rings is 2. The van der Waals surface area contributed by atoms with E-state index in [-0.39, 0.29) is 23.8 Å². The number of esters is 1. The predicted octanol–water partition coefficient (Wildman–Crippen LogP) is 1.57. The van der Waals surface area contributed by atoms with Crippen LogP contribution >= 0.6 is 0 Å². The molecule has 0 spiro atoms. The third kappa shape index (κ3) is 4.26. The van der Waals surface area contributed by atoms with Crippen LogP contribution in [-0.2, 0) is 19.6 Å². The van der Waals surface area contributed by atoms with Gasteiger partial charge in [-0.25, -0.2) is 17.9 Å². The molecule has 1 unspecified atom stereocenters. The number of sulfonamides is 1. The Balaban J connectivity index is 1.65. The van der Waals surface area contributed by atoms with Crippen molar-refractivity contribution in [2.75, 3.05) is 24.3 Å². The maximum Gasteiger partial charge on any atom is 0.337 e. The van der Waals surface area contributed by atoms with Crippen molar-refractivity contribution < 1.29 is 22.7 Å². The van der Waals surface area contributed by atoms with Crippen LogP contribution in [0.3, 0.4) is 0 Å². The first-order valence-corrected chi connectivity index (χ1v) is 9.73. The second-order valence-electron chi connectivity index (χ2n) is 5.94. The average molecular weight is 389 g/mol. The molecule has 2 aromatic carbocycles. The van der Waals surface area contributed by atoms with Crippen LogP contribution in [0.4, 0.5) is 11.4 Å². The molecule has 0 aromatic heterocycles. The highest BCUT2D eigenvalue weighted by Gasteiger charge is 2.26. The van der Waals surface area contributed by atoms with E-state index in [2.05, 4.69) is 20.1 Å². The zero-order valence-corrected chi connectivity index (χ0v) is 15.4. The third-order valence-electron chi connectivity index (χ3n) is 4.12. The minimum absolute atomic E-state index is 0.0777. The number of ether oxygens (including phenoxy) is 1. The van der Waals surface area contributed by atoms with Crippen LogP contribution in [-0.4, -0.2) is 40.0 Å². The molecule has 0 saturated carbocycles.